The fourth-order valence-corrected chi connectivity index (χ4v) is 1.91. The van der Waals surface area contributed by atoms with Crippen LogP contribution in [0.5, 0.6) is 5.75 Å². The van der Waals surface area contributed by atoms with Crippen molar-refractivity contribution in [1.29, 1.82) is 0 Å². The van der Waals surface area contributed by atoms with Crippen LogP contribution in [-0.4, -0.2) is 13.7 Å². The first kappa shape index (κ1) is 14.6. The maximum absolute atomic E-state index is 5.85. The largest absolute Gasteiger partial charge is 0.497 e. The molecule has 0 unspecified atom stereocenters. The van der Waals surface area contributed by atoms with Crippen molar-refractivity contribution in [3.8, 4) is 5.75 Å². The lowest BCUT2D eigenvalue weighted by Gasteiger charge is -2.08. The highest BCUT2D eigenvalue weighted by Crippen LogP contribution is 2.17. The minimum absolute atomic E-state index is 0.494. The number of rotatable bonds is 6. The van der Waals surface area contributed by atoms with E-state index >= 15 is 0 Å². The Hall–Kier alpha value is -1.77. The Bertz CT molecular complexity index is 559. The molecule has 0 bridgehead atoms. The van der Waals surface area contributed by atoms with Crippen molar-refractivity contribution in [2.45, 2.75) is 6.61 Å². The quantitative estimate of drug-likeness (QED) is 0.775. The van der Waals surface area contributed by atoms with Gasteiger partial charge in [0, 0.05) is 5.02 Å². The summed E-state index contributed by atoms with van der Waals surface area (Å²) in [7, 11) is 1.65. The van der Waals surface area contributed by atoms with Crippen LogP contribution in [0.25, 0.3) is 5.57 Å². The second-order valence-corrected chi connectivity index (χ2v) is 4.89. The second kappa shape index (κ2) is 7.13. The maximum Gasteiger partial charge on any atom is 0.118 e. The molecular weight excluding hydrogens is 272 g/mol. The predicted octanol–water partition coefficient (Wildman–Crippen LogP) is 4.58. The Morgan fingerprint density at radius 3 is 2.30 bits per heavy atom. The SMILES string of the molecule is C=C(COCc1ccc(OC)cc1)c1ccc(Cl)cc1. The van der Waals surface area contributed by atoms with E-state index in [2.05, 4.69) is 6.58 Å². The van der Waals surface area contributed by atoms with Gasteiger partial charge in [0.05, 0.1) is 20.3 Å². The summed E-state index contributed by atoms with van der Waals surface area (Å²) in [4.78, 5) is 0. The summed E-state index contributed by atoms with van der Waals surface area (Å²) in [6.45, 7) is 5.07. The minimum Gasteiger partial charge on any atom is -0.497 e. The molecule has 0 fully saturated rings. The second-order valence-electron chi connectivity index (χ2n) is 4.45. The van der Waals surface area contributed by atoms with Gasteiger partial charge in [0.1, 0.15) is 5.75 Å². The average molecular weight is 289 g/mol. The third-order valence-corrected chi connectivity index (χ3v) is 3.21. The predicted molar refractivity (Wildman–Crippen MR) is 83.1 cm³/mol. The molecule has 0 aliphatic carbocycles. The number of benzene rings is 2. The summed E-state index contributed by atoms with van der Waals surface area (Å²) in [5.74, 6) is 0.847. The van der Waals surface area contributed by atoms with Crippen molar-refractivity contribution in [2.24, 2.45) is 0 Å². The maximum atomic E-state index is 5.85. The third-order valence-electron chi connectivity index (χ3n) is 2.96. The Morgan fingerprint density at radius 1 is 1.05 bits per heavy atom. The van der Waals surface area contributed by atoms with Crippen LogP contribution in [0.3, 0.4) is 0 Å². The molecule has 0 saturated carbocycles. The van der Waals surface area contributed by atoms with E-state index in [0.29, 0.717) is 13.2 Å². The smallest absolute Gasteiger partial charge is 0.118 e. The molecule has 2 aromatic carbocycles. The lowest BCUT2D eigenvalue weighted by atomic mass is 10.1. The summed E-state index contributed by atoms with van der Waals surface area (Å²) in [6, 6.07) is 15.4. The van der Waals surface area contributed by atoms with Gasteiger partial charge in [0.25, 0.3) is 0 Å². The fourth-order valence-electron chi connectivity index (χ4n) is 1.78. The highest BCUT2D eigenvalue weighted by molar-refractivity contribution is 6.30. The van der Waals surface area contributed by atoms with Gasteiger partial charge in [-0.3, -0.25) is 0 Å². The van der Waals surface area contributed by atoms with E-state index in [1.807, 2.05) is 48.5 Å². The third kappa shape index (κ3) is 4.12. The number of halogens is 1. The van der Waals surface area contributed by atoms with E-state index in [-0.39, 0.29) is 0 Å². The Labute approximate surface area is 124 Å². The molecule has 0 aromatic heterocycles. The van der Waals surface area contributed by atoms with Crippen LogP contribution in [0, 0.1) is 0 Å². The van der Waals surface area contributed by atoms with Gasteiger partial charge in [-0.25, -0.2) is 0 Å². The van der Waals surface area contributed by atoms with Crippen LogP contribution < -0.4 is 4.74 Å². The van der Waals surface area contributed by atoms with Gasteiger partial charge in [-0.2, -0.15) is 0 Å². The Morgan fingerprint density at radius 2 is 1.70 bits per heavy atom. The van der Waals surface area contributed by atoms with E-state index in [0.717, 1.165) is 27.5 Å². The zero-order valence-electron chi connectivity index (χ0n) is 11.4. The lowest BCUT2D eigenvalue weighted by molar-refractivity contribution is 0.153. The molecule has 20 heavy (non-hydrogen) atoms. The Balaban J connectivity index is 1.82. The lowest BCUT2D eigenvalue weighted by Crippen LogP contribution is -1.98. The molecule has 0 atom stereocenters. The van der Waals surface area contributed by atoms with Gasteiger partial charge in [-0.15, -0.1) is 0 Å². The molecule has 0 amide bonds. The zero-order chi connectivity index (χ0) is 14.4. The molecule has 0 heterocycles. The van der Waals surface area contributed by atoms with Crippen LogP contribution in [0.2, 0.25) is 5.02 Å². The van der Waals surface area contributed by atoms with Crippen LogP contribution in [0.4, 0.5) is 0 Å². The molecule has 2 aromatic rings. The van der Waals surface area contributed by atoms with Gasteiger partial charge < -0.3 is 9.47 Å². The molecule has 0 radical (unpaired) electrons. The molecule has 0 N–H and O–H groups in total. The Kier molecular flexibility index (Phi) is 5.22. The summed E-state index contributed by atoms with van der Waals surface area (Å²) < 4.78 is 10.8. The van der Waals surface area contributed by atoms with Crippen molar-refractivity contribution < 1.29 is 9.47 Å². The molecule has 2 nitrogen and oxygen atoms in total. The molecule has 2 rings (SSSR count). The first-order valence-corrected chi connectivity index (χ1v) is 6.71. The minimum atomic E-state index is 0.494. The zero-order valence-corrected chi connectivity index (χ0v) is 12.2. The normalized spacial score (nSPS) is 10.3. The van der Waals surface area contributed by atoms with Crippen LogP contribution in [0.1, 0.15) is 11.1 Å². The van der Waals surface area contributed by atoms with Gasteiger partial charge in [-0.1, -0.05) is 42.4 Å². The summed E-state index contributed by atoms with van der Waals surface area (Å²) in [5.41, 5.74) is 3.09. The van der Waals surface area contributed by atoms with E-state index in [4.69, 9.17) is 21.1 Å². The van der Waals surface area contributed by atoms with Crippen molar-refractivity contribution in [1.82, 2.24) is 0 Å². The molecule has 104 valence electrons. The molecule has 0 spiro atoms. The van der Waals surface area contributed by atoms with Gasteiger partial charge >= 0.3 is 0 Å². The van der Waals surface area contributed by atoms with Gasteiger partial charge in [-0.05, 0) is 41.0 Å². The highest BCUT2D eigenvalue weighted by atomic mass is 35.5. The van der Waals surface area contributed by atoms with E-state index in [1.54, 1.807) is 7.11 Å². The van der Waals surface area contributed by atoms with Crippen LogP contribution in [-0.2, 0) is 11.3 Å². The van der Waals surface area contributed by atoms with E-state index < -0.39 is 0 Å². The first-order chi connectivity index (χ1) is 9.69. The number of methoxy groups -OCH3 is 1. The van der Waals surface area contributed by atoms with Crippen molar-refractivity contribution >= 4 is 17.2 Å². The first-order valence-electron chi connectivity index (χ1n) is 6.33. The van der Waals surface area contributed by atoms with E-state index in [1.165, 1.54) is 0 Å². The van der Waals surface area contributed by atoms with Gasteiger partial charge in [0.15, 0.2) is 0 Å². The number of hydrogen-bond donors (Lipinski definition) is 0. The van der Waals surface area contributed by atoms with E-state index in [9.17, 15) is 0 Å². The average Bonchev–Trinajstić information content (AvgIpc) is 2.48. The van der Waals surface area contributed by atoms with Crippen molar-refractivity contribution in [3.63, 3.8) is 0 Å². The van der Waals surface area contributed by atoms with Crippen LogP contribution >= 0.6 is 11.6 Å². The topological polar surface area (TPSA) is 18.5 Å². The number of hydrogen-bond acceptors (Lipinski definition) is 2. The molecule has 0 aliphatic heterocycles. The molecule has 0 aliphatic rings. The highest BCUT2D eigenvalue weighted by Gasteiger charge is 2.00. The van der Waals surface area contributed by atoms with Crippen molar-refractivity contribution in [3.05, 3.63) is 71.3 Å². The monoisotopic (exact) mass is 288 g/mol. The standard InChI is InChI=1S/C17H17ClO2/c1-13(15-5-7-16(18)8-6-15)11-20-12-14-3-9-17(19-2)10-4-14/h3-10H,1,11-12H2,2H3. The summed E-state index contributed by atoms with van der Waals surface area (Å²) >= 11 is 5.85. The summed E-state index contributed by atoms with van der Waals surface area (Å²) in [6.07, 6.45) is 0. The molecule has 3 heteroatoms. The summed E-state index contributed by atoms with van der Waals surface area (Å²) in [5, 5.41) is 0.723. The van der Waals surface area contributed by atoms with Crippen LogP contribution in [0.15, 0.2) is 55.1 Å². The van der Waals surface area contributed by atoms with Crippen molar-refractivity contribution in [2.75, 3.05) is 13.7 Å². The van der Waals surface area contributed by atoms with Gasteiger partial charge in [0.2, 0.25) is 0 Å². The fraction of sp³-hybridized carbons (Fsp3) is 0.176. The molecular formula is C17H17ClO2. The number of ether oxygens (including phenoxy) is 2. The molecule has 0 saturated heterocycles.